The molecule has 0 bridgehead atoms. The highest BCUT2D eigenvalue weighted by atomic mass is 16.1. The predicted molar refractivity (Wildman–Crippen MR) is 53.3 cm³/mol. The molecule has 0 aromatic rings. The highest BCUT2D eigenvalue weighted by Gasteiger charge is 2.11. The molecule has 1 amide bonds. The van der Waals surface area contributed by atoms with Crippen LogP contribution >= 0.6 is 0 Å². The van der Waals surface area contributed by atoms with Crippen LogP contribution in [-0.2, 0) is 4.79 Å². The first kappa shape index (κ1) is 10.5. The maximum absolute atomic E-state index is 10.5. The van der Waals surface area contributed by atoms with E-state index in [1.165, 1.54) is 19.3 Å². The SMILES string of the molecule is NC(=O)CCCC1CCCCNC1. The Hall–Kier alpha value is -0.570. The summed E-state index contributed by atoms with van der Waals surface area (Å²) in [5, 5.41) is 3.42. The van der Waals surface area contributed by atoms with E-state index in [9.17, 15) is 4.79 Å². The van der Waals surface area contributed by atoms with E-state index < -0.39 is 0 Å². The van der Waals surface area contributed by atoms with Crippen molar-refractivity contribution in [3.63, 3.8) is 0 Å². The number of hydrogen-bond donors (Lipinski definition) is 2. The van der Waals surface area contributed by atoms with Crippen molar-refractivity contribution in [2.75, 3.05) is 13.1 Å². The van der Waals surface area contributed by atoms with Crippen molar-refractivity contribution in [3.05, 3.63) is 0 Å². The smallest absolute Gasteiger partial charge is 0.217 e. The van der Waals surface area contributed by atoms with E-state index >= 15 is 0 Å². The molecule has 76 valence electrons. The van der Waals surface area contributed by atoms with Gasteiger partial charge in [0.2, 0.25) is 5.91 Å². The number of amides is 1. The first-order chi connectivity index (χ1) is 6.29. The summed E-state index contributed by atoms with van der Waals surface area (Å²) in [5.74, 6) is 0.600. The van der Waals surface area contributed by atoms with Crippen LogP contribution in [0, 0.1) is 5.92 Å². The summed E-state index contributed by atoms with van der Waals surface area (Å²) in [7, 11) is 0. The van der Waals surface area contributed by atoms with Gasteiger partial charge in [-0.25, -0.2) is 0 Å². The molecule has 1 fully saturated rings. The lowest BCUT2D eigenvalue weighted by atomic mass is 9.97. The molecular weight excluding hydrogens is 164 g/mol. The average Bonchev–Trinajstić information content (AvgIpc) is 2.32. The molecule has 1 rings (SSSR count). The second-order valence-electron chi connectivity index (χ2n) is 3.92. The zero-order valence-corrected chi connectivity index (χ0v) is 8.22. The molecular formula is C10H20N2O. The van der Waals surface area contributed by atoms with Crippen LogP contribution in [0.2, 0.25) is 0 Å². The van der Waals surface area contributed by atoms with Crippen LogP contribution in [0.1, 0.15) is 38.5 Å². The summed E-state index contributed by atoms with van der Waals surface area (Å²) in [6.45, 7) is 2.28. The standard InChI is InChI=1S/C10H20N2O/c11-10(13)6-3-5-9-4-1-2-7-12-8-9/h9,12H,1-8H2,(H2,11,13). The fraction of sp³-hybridized carbons (Fsp3) is 0.900. The van der Waals surface area contributed by atoms with E-state index in [0.29, 0.717) is 6.42 Å². The summed E-state index contributed by atoms with van der Waals surface area (Å²) in [6, 6.07) is 0. The van der Waals surface area contributed by atoms with Crippen LogP contribution in [0.5, 0.6) is 0 Å². The molecule has 0 aromatic heterocycles. The number of carbonyl (C=O) groups excluding carboxylic acids is 1. The van der Waals surface area contributed by atoms with Crippen molar-refractivity contribution in [1.82, 2.24) is 5.32 Å². The van der Waals surface area contributed by atoms with E-state index in [2.05, 4.69) is 5.32 Å². The Morgan fingerprint density at radius 1 is 1.46 bits per heavy atom. The largest absolute Gasteiger partial charge is 0.370 e. The van der Waals surface area contributed by atoms with Gasteiger partial charge in [0.25, 0.3) is 0 Å². The number of rotatable bonds is 4. The van der Waals surface area contributed by atoms with Crippen LogP contribution < -0.4 is 11.1 Å². The van der Waals surface area contributed by atoms with Crippen molar-refractivity contribution < 1.29 is 4.79 Å². The van der Waals surface area contributed by atoms with Gasteiger partial charge >= 0.3 is 0 Å². The third kappa shape index (κ3) is 4.88. The van der Waals surface area contributed by atoms with Gasteiger partial charge in [-0.1, -0.05) is 6.42 Å². The lowest BCUT2D eigenvalue weighted by Gasteiger charge is -2.12. The highest BCUT2D eigenvalue weighted by molar-refractivity contribution is 5.73. The fourth-order valence-corrected chi connectivity index (χ4v) is 1.90. The Balaban J connectivity index is 2.08. The Bertz CT molecular complexity index is 151. The van der Waals surface area contributed by atoms with Crippen molar-refractivity contribution in [3.8, 4) is 0 Å². The van der Waals surface area contributed by atoms with Crippen LogP contribution in [-0.4, -0.2) is 19.0 Å². The minimum Gasteiger partial charge on any atom is -0.370 e. The number of nitrogens with one attached hydrogen (secondary N) is 1. The van der Waals surface area contributed by atoms with E-state index in [1.807, 2.05) is 0 Å². The molecule has 1 aliphatic rings. The van der Waals surface area contributed by atoms with Gasteiger partial charge in [-0.2, -0.15) is 0 Å². The van der Waals surface area contributed by atoms with E-state index in [0.717, 1.165) is 31.8 Å². The molecule has 1 atom stereocenters. The summed E-state index contributed by atoms with van der Waals surface area (Å²) < 4.78 is 0. The van der Waals surface area contributed by atoms with Gasteiger partial charge in [0, 0.05) is 6.42 Å². The van der Waals surface area contributed by atoms with Gasteiger partial charge in [-0.05, 0) is 44.7 Å². The lowest BCUT2D eigenvalue weighted by Crippen LogP contribution is -2.21. The maximum atomic E-state index is 10.5. The van der Waals surface area contributed by atoms with Gasteiger partial charge in [0.05, 0.1) is 0 Å². The molecule has 13 heavy (non-hydrogen) atoms. The van der Waals surface area contributed by atoms with Crippen molar-refractivity contribution in [1.29, 1.82) is 0 Å². The first-order valence-corrected chi connectivity index (χ1v) is 5.28. The van der Waals surface area contributed by atoms with Gasteiger partial charge in [0.15, 0.2) is 0 Å². The molecule has 1 unspecified atom stereocenters. The zero-order valence-electron chi connectivity index (χ0n) is 8.22. The van der Waals surface area contributed by atoms with Crippen LogP contribution in [0.4, 0.5) is 0 Å². The summed E-state index contributed by atoms with van der Waals surface area (Å²) in [6.07, 6.45) is 6.60. The molecule has 0 radical (unpaired) electrons. The third-order valence-corrected chi connectivity index (χ3v) is 2.68. The quantitative estimate of drug-likeness (QED) is 0.685. The second-order valence-corrected chi connectivity index (χ2v) is 3.92. The van der Waals surface area contributed by atoms with Gasteiger partial charge in [0.1, 0.15) is 0 Å². The fourth-order valence-electron chi connectivity index (χ4n) is 1.90. The maximum Gasteiger partial charge on any atom is 0.217 e. The molecule has 1 heterocycles. The molecule has 0 aromatic carbocycles. The average molecular weight is 184 g/mol. The third-order valence-electron chi connectivity index (χ3n) is 2.68. The highest BCUT2D eigenvalue weighted by Crippen LogP contribution is 2.17. The lowest BCUT2D eigenvalue weighted by molar-refractivity contribution is -0.118. The van der Waals surface area contributed by atoms with E-state index in [1.54, 1.807) is 0 Å². The molecule has 0 saturated carbocycles. The molecule has 3 N–H and O–H groups in total. The number of carbonyl (C=O) groups is 1. The minimum absolute atomic E-state index is 0.165. The Morgan fingerprint density at radius 3 is 3.08 bits per heavy atom. The topological polar surface area (TPSA) is 55.1 Å². The number of hydrogen-bond acceptors (Lipinski definition) is 2. The van der Waals surface area contributed by atoms with E-state index in [-0.39, 0.29) is 5.91 Å². The monoisotopic (exact) mass is 184 g/mol. The van der Waals surface area contributed by atoms with Gasteiger partial charge < -0.3 is 11.1 Å². The summed E-state index contributed by atoms with van der Waals surface area (Å²) >= 11 is 0. The zero-order chi connectivity index (χ0) is 9.52. The Kier molecular flexibility index (Phi) is 4.83. The summed E-state index contributed by atoms with van der Waals surface area (Å²) in [5.41, 5.74) is 5.08. The molecule has 0 spiro atoms. The van der Waals surface area contributed by atoms with Crippen LogP contribution in [0.25, 0.3) is 0 Å². The Labute approximate surface area is 80.1 Å². The summed E-state index contributed by atoms with van der Waals surface area (Å²) in [4.78, 5) is 10.5. The predicted octanol–water partition coefficient (Wildman–Crippen LogP) is 1.03. The minimum atomic E-state index is -0.165. The van der Waals surface area contributed by atoms with Crippen molar-refractivity contribution in [2.45, 2.75) is 38.5 Å². The molecule has 3 heteroatoms. The van der Waals surface area contributed by atoms with Crippen molar-refractivity contribution >= 4 is 5.91 Å². The van der Waals surface area contributed by atoms with E-state index in [4.69, 9.17) is 5.73 Å². The molecule has 0 aliphatic carbocycles. The molecule has 1 aliphatic heterocycles. The number of primary amides is 1. The van der Waals surface area contributed by atoms with Gasteiger partial charge in [-0.3, -0.25) is 4.79 Å². The van der Waals surface area contributed by atoms with Crippen molar-refractivity contribution in [2.24, 2.45) is 11.7 Å². The normalized spacial score (nSPS) is 23.8. The molecule has 3 nitrogen and oxygen atoms in total. The molecule has 1 saturated heterocycles. The van der Waals surface area contributed by atoms with Gasteiger partial charge in [-0.15, -0.1) is 0 Å². The number of nitrogens with two attached hydrogens (primary N) is 1. The van der Waals surface area contributed by atoms with Crippen LogP contribution in [0.15, 0.2) is 0 Å². The van der Waals surface area contributed by atoms with Crippen LogP contribution in [0.3, 0.4) is 0 Å². The second kappa shape index (κ2) is 5.97. The first-order valence-electron chi connectivity index (χ1n) is 5.28. The Morgan fingerprint density at radius 2 is 2.31 bits per heavy atom.